The van der Waals surface area contributed by atoms with Gasteiger partial charge in [-0.05, 0) is 32.0 Å². The smallest absolute Gasteiger partial charge is 0.254 e. The van der Waals surface area contributed by atoms with Crippen LogP contribution < -0.4 is 4.90 Å². The summed E-state index contributed by atoms with van der Waals surface area (Å²) in [6.45, 7) is 6.82. The van der Waals surface area contributed by atoms with E-state index in [1.54, 1.807) is 18.6 Å². The largest absolute Gasteiger partial charge is 0.352 e. The molecule has 0 aliphatic carbocycles. The van der Waals surface area contributed by atoms with Gasteiger partial charge in [0.25, 0.3) is 5.91 Å². The highest BCUT2D eigenvalue weighted by atomic mass is 16.2. The predicted octanol–water partition coefficient (Wildman–Crippen LogP) is 2.60. The molecule has 132 valence electrons. The molecule has 3 aromatic rings. The zero-order valence-corrected chi connectivity index (χ0v) is 15.0. The van der Waals surface area contributed by atoms with Crippen molar-refractivity contribution in [3.05, 3.63) is 59.7 Å². The fourth-order valence-corrected chi connectivity index (χ4v) is 3.41. The van der Waals surface area contributed by atoms with Crippen molar-refractivity contribution in [3.63, 3.8) is 0 Å². The average Bonchev–Trinajstić information content (AvgIpc) is 2.68. The topological polar surface area (TPSA) is 62.2 Å². The molecule has 0 spiro atoms. The number of fused-ring (bicyclic) bond motifs is 1. The van der Waals surface area contributed by atoms with Gasteiger partial charge >= 0.3 is 0 Å². The SMILES string of the molecule is Cc1ccc2nc(C)cc(C(=O)N3CCN(c4cnccn4)CC3)c2c1. The number of anilines is 1. The summed E-state index contributed by atoms with van der Waals surface area (Å²) in [6.07, 6.45) is 5.13. The van der Waals surface area contributed by atoms with Gasteiger partial charge in [-0.3, -0.25) is 14.8 Å². The third-order valence-electron chi connectivity index (χ3n) is 4.76. The first-order valence-electron chi connectivity index (χ1n) is 8.80. The summed E-state index contributed by atoms with van der Waals surface area (Å²) >= 11 is 0. The van der Waals surface area contributed by atoms with Crippen LogP contribution in [0.1, 0.15) is 21.6 Å². The van der Waals surface area contributed by atoms with Gasteiger partial charge < -0.3 is 9.80 Å². The van der Waals surface area contributed by atoms with Gasteiger partial charge in [0.1, 0.15) is 5.82 Å². The van der Waals surface area contributed by atoms with Crippen molar-refractivity contribution in [1.82, 2.24) is 19.9 Å². The number of carbonyl (C=O) groups is 1. The number of hydrogen-bond acceptors (Lipinski definition) is 5. The summed E-state index contributed by atoms with van der Waals surface area (Å²) < 4.78 is 0. The second-order valence-electron chi connectivity index (χ2n) is 6.67. The molecular weight excluding hydrogens is 326 g/mol. The van der Waals surface area contributed by atoms with Gasteiger partial charge in [0.05, 0.1) is 17.3 Å². The normalized spacial score (nSPS) is 14.7. The molecule has 2 aromatic heterocycles. The maximum Gasteiger partial charge on any atom is 0.254 e. The Morgan fingerprint density at radius 2 is 1.85 bits per heavy atom. The van der Waals surface area contributed by atoms with Crippen LogP contribution in [-0.4, -0.2) is 51.9 Å². The van der Waals surface area contributed by atoms with E-state index in [0.29, 0.717) is 13.1 Å². The molecule has 1 fully saturated rings. The molecule has 1 saturated heterocycles. The van der Waals surface area contributed by atoms with Gasteiger partial charge in [0, 0.05) is 49.7 Å². The molecule has 1 aliphatic heterocycles. The second-order valence-corrected chi connectivity index (χ2v) is 6.67. The molecule has 26 heavy (non-hydrogen) atoms. The van der Waals surface area contributed by atoms with Gasteiger partial charge in [-0.15, -0.1) is 0 Å². The Morgan fingerprint density at radius 3 is 2.58 bits per heavy atom. The number of carbonyl (C=O) groups excluding carboxylic acids is 1. The fraction of sp³-hybridized carbons (Fsp3) is 0.300. The van der Waals surface area contributed by atoms with Gasteiger partial charge in [-0.1, -0.05) is 11.6 Å². The molecule has 0 N–H and O–H groups in total. The third kappa shape index (κ3) is 3.10. The summed E-state index contributed by atoms with van der Waals surface area (Å²) in [5.41, 5.74) is 3.61. The first-order valence-corrected chi connectivity index (χ1v) is 8.80. The summed E-state index contributed by atoms with van der Waals surface area (Å²) in [6, 6.07) is 7.97. The Kier molecular flexibility index (Phi) is 4.24. The number of pyridine rings is 1. The number of rotatable bonds is 2. The van der Waals surface area contributed by atoms with E-state index in [9.17, 15) is 4.79 Å². The van der Waals surface area contributed by atoms with Crippen molar-refractivity contribution in [2.75, 3.05) is 31.1 Å². The maximum atomic E-state index is 13.2. The van der Waals surface area contributed by atoms with Crippen molar-refractivity contribution in [2.24, 2.45) is 0 Å². The van der Waals surface area contributed by atoms with Gasteiger partial charge in [0.15, 0.2) is 0 Å². The number of benzene rings is 1. The number of nitrogens with zero attached hydrogens (tertiary/aromatic N) is 5. The molecule has 4 rings (SSSR count). The summed E-state index contributed by atoms with van der Waals surface area (Å²) in [4.78, 5) is 30.3. The van der Waals surface area contributed by atoms with Crippen LogP contribution in [0.15, 0.2) is 42.9 Å². The zero-order chi connectivity index (χ0) is 18.1. The van der Waals surface area contributed by atoms with E-state index < -0.39 is 0 Å². The highest BCUT2D eigenvalue weighted by Crippen LogP contribution is 2.22. The van der Waals surface area contributed by atoms with Gasteiger partial charge in [-0.25, -0.2) is 4.98 Å². The Labute approximate surface area is 152 Å². The number of amides is 1. The van der Waals surface area contributed by atoms with E-state index >= 15 is 0 Å². The molecule has 3 heterocycles. The first-order chi connectivity index (χ1) is 12.6. The van der Waals surface area contributed by atoms with Crippen molar-refractivity contribution in [1.29, 1.82) is 0 Å². The first kappa shape index (κ1) is 16.4. The molecule has 6 heteroatoms. The van der Waals surface area contributed by atoms with Gasteiger partial charge in [-0.2, -0.15) is 0 Å². The van der Waals surface area contributed by atoms with Crippen LogP contribution in [0.25, 0.3) is 10.9 Å². The van der Waals surface area contributed by atoms with E-state index in [-0.39, 0.29) is 5.91 Å². The van der Waals surface area contributed by atoms with E-state index in [1.165, 1.54) is 0 Å². The van der Waals surface area contributed by atoms with Crippen LogP contribution in [0.3, 0.4) is 0 Å². The molecule has 0 saturated carbocycles. The van der Waals surface area contributed by atoms with Crippen molar-refractivity contribution in [2.45, 2.75) is 13.8 Å². The molecule has 6 nitrogen and oxygen atoms in total. The highest BCUT2D eigenvalue weighted by Gasteiger charge is 2.24. The van der Waals surface area contributed by atoms with Crippen molar-refractivity contribution >= 4 is 22.6 Å². The number of hydrogen-bond donors (Lipinski definition) is 0. The van der Waals surface area contributed by atoms with E-state index in [4.69, 9.17) is 0 Å². The van der Waals surface area contributed by atoms with Crippen LogP contribution in [-0.2, 0) is 0 Å². The molecular formula is C20H21N5O. The minimum absolute atomic E-state index is 0.0740. The molecule has 0 bridgehead atoms. The van der Waals surface area contributed by atoms with E-state index in [2.05, 4.69) is 19.9 Å². The minimum atomic E-state index is 0.0740. The summed E-state index contributed by atoms with van der Waals surface area (Å²) in [5.74, 6) is 0.935. The summed E-state index contributed by atoms with van der Waals surface area (Å²) in [5, 5.41) is 0.928. The molecule has 1 amide bonds. The minimum Gasteiger partial charge on any atom is -0.352 e. The number of aryl methyl sites for hydroxylation is 2. The lowest BCUT2D eigenvalue weighted by molar-refractivity contribution is 0.0748. The molecule has 0 unspecified atom stereocenters. The lowest BCUT2D eigenvalue weighted by atomic mass is 10.0. The fourth-order valence-electron chi connectivity index (χ4n) is 3.41. The summed E-state index contributed by atoms with van der Waals surface area (Å²) in [7, 11) is 0. The highest BCUT2D eigenvalue weighted by molar-refractivity contribution is 6.06. The van der Waals surface area contributed by atoms with Crippen LogP contribution >= 0.6 is 0 Å². The molecule has 0 radical (unpaired) electrons. The second kappa shape index (κ2) is 6.71. The Morgan fingerprint density at radius 1 is 1.04 bits per heavy atom. The molecule has 1 aromatic carbocycles. The molecule has 0 atom stereocenters. The van der Waals surface area contributed by atoms with E-state index in [0.717, 1.165) is 46.6 Å². The van der Waals surface area contributed by atoms with Crippen LogP contribution in [0, 0.1) is 13.8 Å². The average molecular weight is 347 g/mol. The monoisotopic (exact) mass is 347 g/mol. The Balaban J connectivity index is 1.57. The van der Waals surface area contributed by atoms with Crippen LogP contribution in [0.4, 0.5) is 5.82 Å². The lowest BCUT2D eigenvalue weighted by Crippen LogP contribution is -2.49. The maximum absolute atomic E-state index is 13.2. The van der Waals surface area contributed by atoms with Crippen LogP contribution in [0.5, 0.6) is 0 Å². The quantitative estimate of drug-likeness (QED) is 0.713. The molecule has 1 aliphatic rings. The third-order valence-corrected chi connectivity index (χ3v) is 4.76. The van der Waals surface area contributed by atoms with Gasteiger partial charge in [0.2, 0.25) is 0 Å². The van der Waals surface area contributed by atoms with E-state index in [1.807, 2.05) is 43.0 Å². The Hall–Kier alpha value is -3.02. The number of aromatic nitrogens is 3. The number of piperazine rings is 1. The standard InChI is InChI=1S/C20H21N5O/c1-14-3-4-18-16(11-14)17(12-15(2)23-18)20(26)25-9-7-24(8-10-25)19-13-21-5-6-22-19/h3-6,11-13H,7-10H2,1-2H3. The lowest BCUT2D eigenvalue weighted by Gasteiger charge is -2.35. The Bertz CT molecular complexity index is 949. The van der Waals surface area contributed by atoms with Crippen molar-refractivity contribution in [3.8, 4) is 0 Å². The van der Waals surface area contributed by atoms with Crippen molar-refractivity contribution < 1.29 is 4.79 Å². The van der Waals surface area contributed by atoms with Crippen LogP contribution in [0.2, 0.25) is 0 Å². The predicted molar refractivity (Wildman–Crippen MR) is 101 cm³/mol. The zero-order valence-electron chi connectivity index (χ0n) is 15.0.